The van der Waals surface area contributed by atoms with E-state index >= 15 is 0 Å². The van der Waals surface area contributed by atoms with Gasteiger partial charge in [-0.3, -0.25) is 0 Å². The minimum atomic E-state index is 0.298. The van der Waals surface area contributed by atoms with Gasteiger partial charge in [-0.15, -0.1) is 0 Å². The van der Waals surface area contributed by atoms with E-state index in [-0.39, 0.29) is 0 Å². The van der Waals surface area contributed by atoms with Gasteiger partial charge in [0.15, 0.2) is 0 Å². The van der Waals surface area contributed by atoms with E-state index < -0.39 is 0 Å². The van der Waals surface area contributed by atoms with Crippen LogP contribution in [0, 0.1) is 0 Å². The lowest BCUT2D eigenvalue weighted by atomic mass is 10.1. The Kier molecular flexibility index (Phi) is 1.89. The van der Waals surface area contributed by atoms with E-state index in [9.17, 15) is 0 Å². The summed E-state index contributed by atoms with van der Waals surface area (Å²) in [4.78, 5) is 0. The highest BCUT2D eigenvalue weighted by Crippen LogP contribution is 2.27. The molecule has 3 rings (SSSR count). The van der Waals surface area contributed by atoms with Crippen LogP contribution >= 0.6 is 0 Å². The van der Waals surface area contributed by atoms with Gasteiger partial charge in [0.05, 0.1) is 6.26 Å². The number of benzene rings is 1. The molecular weight excluding hydrogens is 186 g/mol. The summed E-state index contributed by atoms with van der Waals surface area (Å²) in [6, 6.07) is 10.7. The van der Waals surface area contributed by atoms with Crippen molar-refractivity contribution in [2.75, 3.05) is 0 Å². The van der Waals surface area contributed by atoms with Gasteiger partial charge in [0.1, 0.15) is 5.76 Å². The molecule has 0 aliphatic heterocycles. The van der Waals surface area contributed by atoms with E-state index in [1.807, 2.05) is 12.1 Å². The Hall–Kier alpha value is -1.54. The normalized spacial score (nSPS) is 19.1. The van der Waals surface area contributed by atoms with Gasteiger partial charge in [0, 0.05) is 11.6 Å². The zero-order valence-electron chi connectivity index (χ0n) is 8.44. The summed E-state index contributed by atoms with van der Waals surface area (Å²) < 4.78 is 5.37. The second-order valence-corrected chi connectivity index (χ2v) is 4.13. The molecule has 0 unspecified atom stereocenters. The Labute approximate surface area is 88.7 Å². The minimum Gasteiger partial charge on any atom is -0.464 e. The fourth-order valence-corrected chi connectivity index (χ4v) is 2.25. The summed E-state index contributed by atoms with van der Waals surface area (Å²) in [5.41, 5.74) is 9.84. The summed E-state index contributed by atoms with van der Waals surface area (Å²) in [5, 5.41) is 0. The monoisotopic (exact) mass is 199 g/mol. The number of fused-ring (bicyclic) bond motifs is 1. The molecule has 1 aromatic carbocycles. The fourth-order valence-electron chi connectivity index (χ4n) is 2.25. The topological polar surface area (TPSA) is 39.2 Å². The largest absolute Gasteiger partial charge is 0.464 e. The fraction of sp³-hybridized carbons (Fsp3) is 0.231. The Morgan fingerprint density at radius 2 is 2.00 bits per heavy atom. The lowest BCUT2D eigenvalue weighted by Crippen LogP contribution is -2.18. The zero-order chi connectivity index (χ0) is 10.3. The third-order valence-corrected chi connectivity index (χ3v) is 2.98. The quantitative estimate of drug-likeness (QED) is 0.765. The molecule has 1 heterocycles. The van der Waals surface area contributed by atoms with Crippen molar-refractivity contribution in [3.05, 3.63) is 47.7 Å². The molecule has 1 aliphatic rings. The molecule has 0 amide bonds. The van der Waals surface area contributed by atoms with Crippen LogP contribution in [0.4, 0.5) is 0 Å². The van der Waals surface area contributed by atoms with Gasteiger partial charge in [-0.05, 0) is 42.2 Å². The van der Waals surface area contributed by atoms with E-state index in [0.29, 0.717) is 6.04 Å². The Bertz CT molecular complexity index is 473. The number of rotatable bonds is 1. The maximum absolute atomic E-state index is 5.93. The van der Waals surface area contributed by atoms with E-state index in [2.05, 4.69) is 18.2 Å². The molecule has 2 nitrogen and oxygen atoms in total. The third-order valence-electron chi connectivity index (χ3n) is 2.98. The lowest BCUT2D eigenvalue weighted by molar-refractivity contribution is 0.582. The van der Waals surface area contributed by atoms with E-state index in [4.69, 9.17) is 10.2 Å². The molecule has 0 saturated carbocycles. The summed E-state index contributed by atoms with van der Waals surface area (Å²) in [7, 11) is 0. The summed E-state index contributed by atoms with van der Waals surface area (Å²) in [6.45, 7) is 0. The molecule has 2 heteroatoms. The highest BCUT2D eigenvalue weighted by atomic mass is 16.3. The molecule has 1 aliphatic carbocycles. The maximum Gasteiger partial charge on any atom is 0.133 e. The van der Waals surface area contributed by atoms with Crippen LogP contribution in [0.25, 0.3) is 11.3 Å². The molecule has 2 aromatic rings. The van der Waals surface area contributed by atoms with Crippen molar-refractivity contribution >= 4 is 0 Å². The Balaban J connectivity index is 2.04. The molecule has 0 bridgehead atoms. The first kappa shape index (κ1) is 8.74. The van der Waals surface area contributed by atoms with Crippen molar-refractivity contribution in [3.63, 3.8) is 0 Å². The van der Waals surface area contributed by atoms with Crippen LogP contribution in [0.2, 0.25) is 0 Å². The molecule has 2 N–H and O–H groups in total. The highest BCUT2D eigenvalue weighted by molar-refractivity contribution is 5.60. The van der Waals surface area contributed by atoms with Gasteiger partial charge in [-0.2, -0.15) is 0 Å². The molecule has 1 atom stereocenters. The number of furan rings is 1. The van der Waals surface area contributed by atoms with Crippen molar-refractivity contribution in [2.24, 2.45) is 5.73 Å². The van der Waals surface area contributed by atoms with Crippen molar-refractivity contribution in [2.45, 2.75) is 18.9 Å². The van der Waals surface area contributed by atoms with Crippen LogP contribution < -0.4 is 5.73 Å². The van der Waals surface area contributed by atoms with Crippen LogP contribution in [0.1, 0.15) is 11.1 Å². The zero-order valence-corrected chi connectivity index (χ0v) is 8.44. The maximum atomic E-state index is 5.93. The molecule has 0 radical (unpaired) electrons. The van der Waals surface area contributed by atoms with Gasteiger partial charge in [0.25, 0.3) is 0 Å². The smallest absolute Gasteiger partial charge is 0.133 e. The highest BCUT2D eigenvalue weighted by Gasteiger charge is 2.18. The SMILES string of the molecule is N[C@@H]1Cc2ccc(-c3ccco3)cc2C1. The summed E-state index contributed by atoms with van der Waals surface area (Å²) in [5.74, 6) is 0.929. The van der Waals surface area contributed by atoms with Crippen molar-refractivity contribution in [1.29, 1.82) is 0 Å². The average molecular weight is 199 g/mol. The third kappa shape index (κ3) is 1.47. The van der Waals surface area contributed by atoms with Crippen LogP contribution in [0.15, 0.2) is 41.0 Å². The number of hydrogen-bond acceptors (Lipinski definition) is 2. The molecule has 76 valence electrons. The van der Waals surface area contributed by atoms with Crippen LogP contribution in [0.5, 0.6) is 0 Å². The first-order chi connectivity index (χ1) is 7.33. The standard InChI is InChI=1S/C13H13NO/c14-12-7-9-3-4-10(6-11(9)8-12)13-2-1-5-15-13/h1-6,12H,7-8,14H2/t12-/m1/s1. The molecular formula is C13H13NO. The van der Waals surface area contributed by atoms with Gasteiger partial charge in [0.2, 0.25) is 0 Å². The first-order valence-electron chi connectivity index (χ1n) is 5.24. The average Bonchev–Trinajstić information content (AvgIpc) is 2.82. The van der Waals surface area contributed by atoms with Gasteiger partial charge < -0.3 is 10.2 Å². The summed E-state index contributed by atoms with van der Waals surface area (Å²) in [6.07, 6.45) is 3.70. The van der Waals surface area contributed by atoms with Crippen molar-refractivity contribution < 1.29 is 4.42 Å². The van der Waals surface area contributed by atoms with Crippen molar-refractivity contribution in [3.8, 4) is 11.3 Å². The predicted octanol–water partition coefficient (Wildman–Crippen LogP) is 2.37. The van der Waals surface area contributed by atoms with Crippen LogP contribution in [-0.2, 0) is 12.8 Å². The first-order valence-corrected chi connectivity index (χ1v) is 5.24. The lowest BCUT2D eigenvalue weighted by Gasteiger charge is -2.01. The Morgan fingerprint density at radius 3 is 2.80 bits per heavy atom. The Morgan fingerprint density at radius 1 is 1.13 bits per heavy atom. The molecule has 0 fully saturated rings. The van der Waals surface area contributed by atoms with Gasteiger partial charge in [-0.25, -0.2) is 0 Å². The molecule has 1 aromatic heterocycles. The second kappa shape index (κ2) is 3.24. The second-order valence-electron chi connectivity index (χ2n) is 4.13. The van der Waals surface area contributed by atoms with E-state index in [1.165, 1.54) is 11.1 Å². The molecule has 15 heavy (non-hydrogen) atoms. The van der Waals surface area contributed by atoms with E-state index in [1.54, 1.807) is 6.26 Å². The minimum absolute atomic E-state index is 0.298. The van der Waals surface area contributed by atoms with Crippen LogP contribution in [-0.4, -0.2) is 6.04 Å². The predicted molar refractivity (Wildman–Crippen MR) is 59.5 cm³/mol. The van der Waals surface area contributed by atoms with Crippen molar-refractivity contribution in [1.82, 2.24) is 0 Å². The molecule has 0 spiro atoms. The number of hydrogen-bond donors (Lipinski definition) is 1. The van der Waals surface area contributed by atoms with Crippen LogP contribution in [0.3, 0.4) is 0 Å². The van der Waals surface area contributed by atoms with Gasteiger partial charge in [-0.1, -0.05) is 12.1 Å². The molecule has 0 saturated heterocycles. The summed E-state index contributed by atoms with van der Waals surface area (Å²) >= 11 is 0. The van der Waals surface area contributed by atoms with E-state index in [0.717, 1.165) is 24.2 Å². The number of nitrogens with two attached hydrogens (primary N) is 1. The van der Waals surface area contributed by atoms with Gasteiger partial charge >= 0.3 is 0 Å².